The molecule has 140 valence electrons. The van der Waals surface area contributed by atoms with Gasteiger partial charge in [-0.2, -0.15) is 0 Å². The highest BCUT2D eigenvalue weighted by Crippen LogP contribution is 2.35. The lowest BCUT2D eigenvalue weighted by Gasteiger charge is -2.26. The second-order valence-corrected chi connectivity index (χ2v) is 6.54. The molecule has 0 aromatic heterocycles. The van der Waals surface area contributed by atoms with Crippen molar-refractivity contribution >= 4 is 0 Å². The zero-order chi connectivity index (χ0) is 18.3. The molecule has 0 unspecified atom stereocenters. The smallest absolute Gasteiger partial charge is 0.109 e. The van der Waals surface area contributed by atoms with Crippen LogP contribution < -0.4 is 0 Å². The lowest BCUT2D eigenvalue weighted by atomic mass is 9.98. The van der Waals surface area contributed by atoms with Crippen molar-refractivity contribution in [2.45, 2.75) is 12.2 Å². The second kappa shape index (κ2) is 9.65. The predicted octanol–water partition coefficient (Wildman–Crippen LogP) is 5.76. The summed E-state index contributed by atoms with van der Waals surface area (Å²) < 4.78 is 6.79. The third kappa shape index (κ3) is 4.55. The molecule has 2 N–H and O–H groups in total. The zero-order valence-corrected chi connectivity index (χ0v) is 15.6. The quantitative estimate of drug-likeness (QED) is 0.427. The van der Waals surface area contributed by atoms with Crippen molar-refractivity contribution in [3.63, 3.8) is 0 Å². The van der Waals surface area contributed by atoms with Gasteiger partial charge < -0.3 is 10.2 Å². The molecule has 28 heavy (non-hydrogen) atoms. The third-order valence-electron chi connectivity index (χ3n) is 4.68. The van der Waals surface area contributed by atoms with Crippen LogP contribution in [0.15, 0.2) is 121 Å². The minimum Gasteiger partial charge on any atom is -0.412 e. The summed E-state index contributed by atoms with van der Waals surface area (Å²) in [6.45, 7) is 0. The Morgan fingerprint density at radius 1 is 0.357 bits per heavy atom. The molecule has 0 aliphatic carbocycles. The summed E-state index contributed by atoms with van der Waals surface area (Å²) in [5.74, 6) is 0. The Balaban J connectivity index is 0.00000225. The molecule has 0 aliphatic rings. The lowest BCUT2D eigenvalue weighted by Crippen LogP contribution is -2.13. The number of rotatable bonds is 6. The molecular weight excluding hydrogens is 344 g/mol. The maximum Gasteiger partial charge on any atom is 0.109 e. The average Bonchev–Trinajstić information content (AvgIpc) is 2.77. The molecule has 0 aliphatic heterocycles. The molecule has 2 nitrogen and oxygen atoms in total. The highest BCUT2D eigenvalue weighted by molar-refractivity contribution is 5.33. The average molecular weight is 368 g/mol. The Hall–Kier alpha value is -3.20. The van der Waals surface area contributed by atoms with Crippen molar-refractivity contribution in [2.75, 3.05) is 0 Å². The SMILES string of the molecule is O.c1ccc(C(OC(c2ccccc2)c2ccccc2)c2ccccc2)cc1. The van der Waals surface area contributed by atoms with Crippen LogP contribution in [0, 0.1) is 0 Å². The van der Waals surface area contributed by atoms with Crippen LogP contribution >= 0.6 is 0 Å². The molecule has 0 bridgehead atoms. The van der Waals surface area contributed by atoms with E-state index in [0.29, 0.717) is 0 Å². The first-order valence-corrected chi connectivity index (χ1v) is 9.27. The van der Waals surface area contributed by atoms with Gasteiger partial charge in [0, 0.05) is 0 Å². The first kappa shape index (κ1) is 19.6. The molecule has 4 aromatic rings. The van der Waals surface area contributed by atoms with E-state index >= 15 is 0 Å². The molecule has 4 rings (SSSR count). The van der Waals surface area contributed by atoms with Crippen molar-refractivity contribution in [3.05, 3.63) is 144 Å². The van der Waals surface area contributed by atoms with Crippen molar-refractivity contribution in [2.24, 2.45) is 0 Å². The van der Waals surface area contributed by atoms with Crippen molar-refractivity contribution in [3.8, 4) is 0 Å². The third-order valence-corrected chi connectivity index (χ3v) is 4.68. The van der Waals surface area contributed by atoms with E-state index in [-0.39, 0.29) is 17.7 Å². The monoisotopic (exact) mass is 368 g/mol. The molecule has 2 heteroatoms. The summed E-state index contributed by atoms with van der Waals surface area (Å²) in [6.07, 6.45) is -0.282. The van der Waals surface area contributed by atoms with Crippen LogP contribution in [-0.2, 0) is 4.74 Å². The van der Waals surface area contributed by atoms with Crippen LogP contribution in [-0.4, -0.2) is 5.48 Å². The zero-order valence-electron chi connectivity index (χ0n) is 15.6. The summed E-state index contributed by atoms with van der Waals surface area (Å²) in [6, 6.07) is 41.7. The van der Waals surface area contributed by atoms with Crippen LogP contribution in [0.1, 0.15) is 34.5 Å². The summed E-state index contributed by atoms with van der Waals surface area (Å²) in [5.41, 5.74) is 4.61. The molecule has 0 saturated carbocycles. The van der Waals surface area contributed by atoms with E-state index in [9.17, 15) is 0 Å². The highest BCUT2D eigenvalue weighted by atomic mass is 16.5. The van der Waals surface area contributed by atoms with Gasteiger partial charge in [0.15, 0.2) is 0 Å². The van der Waals surface area contributed by atoms with Crippen LogP contribution in [0.5, 0.6) is 0 Å². The Bertz CT molecular complexity index is 779. The summed E-state index contributed by atoms with van der Waals surface area (Å²) in [5, 5.41) is 0. The van der Waals surface area contributed by atoms with E-state index in [2.05, 4.69) is 97.1 Å². The van der Waals surface area contributed by atoms with Gasteiger partial charge in [-0.25, -0.2) is 0 Å². The van der Waals surface area contributed by atoms with Crippen LogP contribution in [0.4, 0.5) is 0 Å². The number of hydrogen-bond acceptors (Lipinski definition) is 1. The maximum absolute atomic E-state index is 6.79. The van der Waals surface area contributed by atoms with E-state index in [4.69, 9.17) is 4.74 Å². The van der Waals surface area contributed by atoms with E-state index in [1.165, 1.54) is 0 Å². The normalized spacial score (nSPS) is 10.6. The fourth-order valence-corrected chi connectivity index (χ4v) is 3.35. The molecule has 0 heterocycles. The summed E-state index contributed by atoms with van der Waals surface area (Å²) in [4.78, 5) is 0. The molecule has 0 radical (unpaired) electrons. The van der Waals surface area contributed by atoms with E-state index in [0.717, 1.165) is 22.3 Å². The number of hydrogen-bond donors (Lipinski definition) is 0. The standard InChI is InChI=1S/C26H22O.H2O/c1-5-13-21(14-6-1)25(22-15-7-2-8-16-22)27-26(23-17-9-3-10-18-23)24-19-11-4-12-20-24;/h1-20,25-26H;1H2. The minimum absolute atomic E-state index is 0. The Labute approximate surface area is 166 Å². The fourth-order valence-electron chi connectivity index (χ4n) is 3.35. The first-order valence-electron chi connectivity index (χ1n) is 9.27. The van der Waals surface area contributed by atoms with E-state index in [1.54, 1.807) is 0 Å². The first-order chi connectivity index (χ1) is 13.4. The highest BCUT2D eigenvalue weighted by Gasteiger charge is 2.22. The maximum atomic E-state index is 6.79. The number of ether oxygens (including phenoxy) is 1. The van der Waals surface area contributed by atoms with Gasteiger partial charge in [-0.05, 0) is 22.3 Å². The van der Waals surface area contributed by atoms with Crippen LogP contribution in [0.2, 0.25) is 0 Å². The van der Waals surface area contributed by atoms with Gasteiger partial charge in [0.1, 0.15) is 12.2 Å². The van der Waals surface area contributed by atoms with Gasteiger partial charge in [0.05, 0.1) is 0 Å². The van der Waals surface area contributed by atoms with Crippen molar-refractivity contribution in [1.82, 2.24) is 0 Å². The topological polar surface area (TPSA) is 40.7 Å². The molecule has 0 saturated heterocycles. The van der Waals surface area contributed by atoms with Crippen LogP contribution in [0.3, 0.4) is 0 Å². The van der Waals surface area contributed by atoms with Crippen molar-refractivity contribution < 1.29 is 10.2 Å². The van der Waals surface area contributed by atoms with Crippen LogP contribution in [0.25, 0.3) is 0 Å². The molecule has 0 amide bonds. The fraction of sp³-hybridized carbons (Fsp3) is 0.0769. The molecule has 4 aromatic carbocycles. The Morgan fingerprint density at radius 3 is 0.786 bits per heavy atom. The van der Waals surface area contributed by atoms with Gasteiger partial charge in [0.25, 0.3) is 0 Å². The Kier molecular flexibility index (Phi) is 6.74. The van der Waals surface area contributed by atoms with E-state index in [1.807, 2.05) is 24.3 Å². The largest absolute Gasteiger partial charge is 0.412 e. The van der Waals surface area contributed by atoms with Gasteiger partial charge in [-0.3, -0.25) is 0 Å². The Morgan fingerprint density at radius 2 is 0.571 bits per heavy atom. The summed E-state index contributed by atoms with van der Waals surface area (Å²) in [7, 11) is 0. The molecule has 0 fully saturated rings. The predicted molar refractivity (Wildman–Crippen MR) is 114 cm³/mol. The van der Waals surface area contributed by atoms with Gasteiger partial charge in [0.2, 0.25) is 0 Å². The minimum atomic E-state index is -0.141. The molecular formula is C26H24O2. The lowest BCUT2D eigenvalue weighted by molar-refractivity contribution is 0.0308. The van der Waals surface area contributed by atoms with Gasteiger partial charge >= 0.3 is 0 Å². The number of benzene rings is 4. The van der Waals surface area contributed by atoms with Gasteiger partial charge in [-0.15, -0.1) is 0 Å². The summed E-state index contributed by atoms with van der Waals surface area (Å²) >= 11 is 0. The second-order valence-electron chi connectivity index (χ2n) is 6.54. The van der Waals surface area contributed by atoms with E-state index < -0.39 is 0 Å². The molecule has 0 spiro atoms. The van der Waals surface area contributed by atoms with Gasteiger partial charge in [-0.1, -0.05) is 121 Å². The molecule has 0 atom stereocenters. The van der Waals surface area contributed by atoms with Crippen molar-refractivity contribution in [1.29, 1.82) is 0 Å².